The molecule has 1 aliphatic heterocycles. The Kier molecular flexibility index (Phi) is 6.62. The van der Waals surface area contributed by atoms with Crippen LogP contribution in [0.15, 0.2) is 28.9 Å². The molecule has 1 unspecified atom stereocenters. The first-order chi connectivity index (χ1) is 13.8. The summed E-state index contributed by atoms with van der Waals surface area (Å²) in [6, 6.07) is 5.40. The smallest absolute Gasteiger partial charge is 0.310 e. The Bertz CT molecular complexity index is 994. The first-order valence-corrected chi connectivity index (χ1v) is 11.7. The van der Waals surface area contributed by atoms with Gasteiger partial charge >= 0.3 is 5.97 Å². The van der Waals surface area contributed by atoms with Gasteiger partial charge in [0.15, 0.2) is 16.4 Å². The fraction of sp³-hybridized carbons (Fsp3) is 0.524. The van der Waals surface area contributed by atoms with E-state index in [2.05, 4.69) is 0 Å². The molecular weight excluding hydrogens is 394 g/mol. The largest absolute Gasteiger partial charge is 0.464 e. The van der Waals surface area contributed by atoms with Gasteiger partial charge in [0.25, 0.3) is 5.91 Å². The highest BCUT2D eigenvalue weighted by Gasteiger charge is 2.34. The van der Waals surface area contributed by atoms with E-state index >= 15 is 0 Å². The number of esters is 1. The molecule has 2 heterocycles. The number of carbonyl (C=O) groups is 2. The van der Waals surface area contributed by atoms with Crippen LogP contribution in [-0.4, -0.2) is 55.9 Å². The summed E-state index contributed by atoms with van der Waals surface area (Å²) in [6.07, 6.45) is 3.64. The molecule has 29 heavy (non-hydrogen) atoms. The number of unbranched alkanes of at least 4 members (excludes halogenated alkanes) is 1. The van der Waals surface area contributed by atoms with Crippen molar-refractivity contribution in [3.05, 3.63) is 35.6 Å². The molecule has 7 nitrogen and oxygen atoms in total. The Hall–Kier alpha value is -2.35. The highest BCUT2D eigenvalue weighted by atomic mass is 32.2. The van der Waals surface area contributed by atoms with Gasteiger partial charge in [-0.1, -0.05) is 25.5 Å². The minimum atomic E-state index is -3.10. The van der Waals surface area contributed by atoms with Crippen LogP contribution >= 0.6 is 0 Å². The van der Waals surface area contributed by atoms with Gasteiger partial charge in [0.2, 0.25) is 0 Å². The number of rotatable bonds is 8. The normalized spacial score (nSPS) is 18.1. The van der Waals surface area contributed by atoms with E-state index in [-0.39, 0.29) is 36.5 Å². The molecule has 1 aromatic carbocycles. The molecule has 1 fully saturated rings. The molecule has 0 N–H and O–H groups in total. The molecule has 1 aromatic heterocycles. The van der Waals surface area contributed by atoms with E-state index in [1.807, 2.05) is 32.0 Å². The zero-order valence-corrected chi connectivity index (χ0v) is 17.7. The summed E-state index contributed by atoms with van der Waals surface area (Å²) in [5, 5.41) is 0.847. The first-order valence-electron chi connectivity index (χ1n) is 9.91. The van der Waals surface area contributed by atoms with E-state index < -0.39 is 15.8 Å². The molecule has 2 aromatic rings. The molecule has 8 heteroatoms. The topological polar surface area (TPSA) is 93.9 Å². The number of benzene rings is 1. The van der Waals surface area contributed by atoms with Crippen LogP contribution in [0.1, 0.15) is 37.3 Å². The number of ether oxygens (including phenoxy) is 1. The van der Waals surface area contributed by atoms with E-state index in [1.54, 1.807) is 4.90 Å². The average molecular weight is 422 g/mol. The Balaban J connectivity index is 1.59. The van der Waals surface area contributed by atoms with Gasteiger partial charge in [-0.15, -0.1) is 0 Å². The van der Waals surface area contributed by atoms with Gasteiger partial charge in [-0.05, 0) is 31.4 Å². The summed E-state index contributed by atoms with van der Waals surface area (Å²) < 4.78 is 34.3. The van der Waals surface area contributed by atoms with Crippen LogP contribution in [0.4, 0.5) is 0 Å². The molecular formula is C21H27NO6S. The number of hydrogen-bond acceptors (Lipinski definition) is 6. The predicted octanol–water partition coefficient (Wildman–Crippen LogP) is 2.64. The maximum Gasteiger partial charge on any atom is 0.310 e. The lowest BCUT2D eigenvalue weighted by molar-refractivity contribution is -0.152. The van der Waals surface area contributed by atoms with Crippen molar-refractivity contribution in [2.75, 3.05) is 24.7 Å². The number of amides is 1. The van der Waals surface area contributed by atoms with Gasteiger partial charge in [0, 0.05) is 23.5 Å². The standard InChI is InChI=1S/C21H27NO6S/c1-3-4-8-22(17-7-9-29(25,26)14-17)20(23)13-28-21(24)11-16-12-27-19-10-15(2)5-6-18(16)19/h5-6,10,12,17H,3-4,7-9,11,13-14H2,1-2H3. The van der Waals surface area contributed by atoms with Crippen LogP contribution in [0.3, 0.4) is 0 Å². The molecule has 1 aliphatic rings. The van der Waals surface area contributed by atoms with Gasteiger partial charge in [-0.25, -0.2) is 8.42 Å². The average Bonchev–Trinajstić information content (AvgIpc) is 3.22. The molecule has 0 spiro atoms. The summed E-state index contributed by atoms with van der Waals surface area (Å²) in [6.45, 7) is 4.05. The van der Waals surface area contributed by atoms with E-state index in [0.717, 1.165) is 23.8 Å². The lowest BCUT2D eigenvalue weighted by Gasteiger charge is -2.28. The SMILES string of the molecule is CCCCN(C(=O)COC(=O)Cc1coc2cc(C)ccc12)C1CCS(=O)(=O)C1. The zero-order chi connectivity index (χ0) is 21.0. The number of aryl methyl sites for hydroxylation is 1. The second-order valence-electron chi connectivity index (χ2n) is 7.60. The summed E-state index contributed by atoms with van der Waals surface area (Å²) in [7, 11) is -3.10. The lowest BCUT2D eigenvalue weighted by atomic mass is 10.1. The quantitative estimate of drug-likeness (QED) is 0.608. The van der Waals surface area contributed by atoms with Crippen molar-refractivity contribution in [2.24, 2.45) is 0 Å². The highest BCUT2D eigenvalue weighted by Crippen LogP contribution is 2.23. The monoisotopic (exact) mass is 421 g/mol. The molecule has 1 saturated heterocycles. The van der Waals surface area contributed by atoms with Crippen LogP contribution in [0, 0.1) is 6.92 Å². The Morgan fingerprint density at radius 2 is 2.10 bits per heavy atom. The fourth-order valence-electron chi connectivity index (χ4n) is 3.62. The van der Waals surface area contributed by atoms with E-state index in [9.17, 15) is 18.0 Å². The summed E-state index contributed by atoms with van der Waals surface area (Å²) in [5.41, 5.74) is 2.48. The van der Waals surface area contributed by atoms with Gasteiger partial charge < -0.3 is 14.1 Å². The Morgan fingerprint density at radius 3 is 2.79 bits per heavy atom. The number of fused-ring (bicyclic) bond motifs is 1. The first kappa shape index (κ1) is 21.4. The van der Waals surface area contributed by atoms with Crippen molar-refractivity contribution >= 4 is 32.7 Å². The van der Waals surface area contributed by atoms with E-state index in [0.29, 0.717) is 24.1 Å². The number of sulfone groups is 1. The number of furan rings is 1. The van der Waals surface area contributed by atoms with Crippen molar-refractivity contribution in [3.63, 3.8) is 0 Å². The van der Waals surface area contributed by atoms with Crippen LogP contribution in [-0.2, 0) is 30.6 Å². The van der Waals surface area contributed by atoms with Crippen molar-refractivity contribution in [1.82, 2.24) is 4.90 Å². The highest BCUT2D eigenvalue weighted by molar-refractivity contribution is 7.91. The molecule has 1 atom stereocenters. The van der Waals surface area contributed by atoms with Gasteiger partial charge in [0.05, 0.1) is 24.2 Å². The van der Waals surface area contributed by atoms with Crippen LogP contribution in [0.25, 0.3) is 11.0 Å². The van der Waals surface area contributed by atoms with Crippen LogP contribution < -0.4 is 0 Å². The third kappa shape index (κ3) is 5.38. The maximum atomic E-state index is 12.6. The second-order valence-corrected chi connectivity index (χ2v) is 9.82. The van der Waals surface area contributed by atoms with Gasteiger partial charge in [-0.3, -0.25) is 9.59 Å². The van der Waals surface area contributed by atoms with Crippen molar-refractivity contribution in [2.45, 2.75) is 45.6 Å². The minimum absolute atomic E-state index is 0.0100. The van der Waals surface area contributed by atoms with Gasteiger partial charge in [0.1, 0.15) is 5.58 Å². The maximum absolute atomic E-state index is 12.6. The molecule has 1 amide bonds. The third-order valence-electron chi connectivity index (χ3n) is 5.22. The number of carbonyl (C=O) groups excluding carboxylic acids is 2. The number of nitrogens with zero attached hydrogens (tertiary/aromatic N) is 1. The Morgan fingerprint density at radius 1 is 1.31 bits per heavy atom. The summed E-state index contributed by atoms with van der Waals surface area (Å²) in [5.74, 6) is -0.783. The lowest BCUT2D eigenvalue weighted by Crippen LogP contribution is -2.44. The van der Waals surface area contributed by atoms with Crippen molar-refractivity contribution in [3.8, 4) is 0 Å². The molecule has 0 saturated carbocycles. The zero-order valence-electron chi connectivity index (χ0n) is 16.8. The Labute approximate surface area is 170 Å². The minimum Gasteiger partial charge on any atom is -0.464 e. The van der Waals surface area contributed by atoms with Crippen molar-refractivity contribution in [1.29, 1.82) is 0 Å². The van der Waals surface area contributed by atoms with Crippen molar-refractivity contribution < 1.29 is 27.2 Å². The fourth-order valence-corrected chi connectivity index (χ4v) is 5.35. The number of hydrogen-bond donors (Lipinski definition) is 0. The van der Waals surface area contributed by atoms with Crippen LogP contribution in [0.5, 0.6) is 0 Å². The van der Waals surface area contributed by atoms with E-state index in [1.165, 1.54) is 6.26 Å². The van der Waals surface area contributed by atoms with Gasteiger partial charge in [-0.2, -0.15) is 0 Å². The van der Waals surface area contributed by atoms with E-state index in [4.69, 9.17) is 9.15 Å². The molecule has 158 valence electrons. The molecule has 0 bridgehead atoms. The third-order valence-corrected chi connectivity index (χ3v) is 6.98. The van der Waals surface area contributed by atoms with Crippen LogP contribution in [0.2, 0.25) is 0 Å². The summed E-state index contributed by atoms with van der Waals surface area (Å²) in [4.78, 5) is 26.5. The summed E-state index contributed by atoms with van der Waals surface area (Å²) >= 11 is 0. The molecule has 0 aliphatic carbocycles. The second kappa shape index (κ2) is 8.98. The molecule has 0 radical (unpaired) electrons. The predicted molar refractivity (Wildman–Crippen MR) is 109 cm³/mol. The molecule has 3 rings (SSSR count).